The first kappa shape index (κ1) is 11.0. The summed E-state index contributed by atoms with van der Waals surface area (Å²) in [6.07, 6.45) is -4.38. The zero-order chi connectivity index (χ0) is 12.1. The number of rotatable bonds is 0. The molecule has 0 fully saturated rings. The molecule has 1 amide bonds. The standard InChI is InChI=1S/C11H10F3NO/c1-10(2)7-5-6(11(12,13)14)3-4-8(7)15-9(10)16/h3-5H,1-2H3,(H,15,16). The van der Waals surface area contributed by atoms with E-state index in [9.17, 15) is 18.0 Å². The summed E-state index contributed by atoms with van der Waals surface area (Å²) >= 11 is 0. The number of carbonyl (C=O) groups excluding carboxylic acids is 1. The van der Waals surface area contributed by atoms with Crippen LogP contribution in [0.15, 0.2) is 18.2 Å². The lowest BCUT2D eigenvalue weighted by Gasteiger charge is -2.16. The molecule has 5 heteroatoms. The van der Waals surface area contributed by atoms with E-state index >= 15 is 0 Å². The Labute approximate surface area is 90.5 Å². The highest BCUT2D eigenvalue weighted by Gasteiger charge is 2.40. The van der Waals surface area contributed by atoms with Crippen LogP contribution >= 0.6 is 0 Å². The predicted octanol–water partition coefficient (Wildman–Crippen LogP) is 2.94. The monoisotopic (exact) mass is 229 g/mol. The van der Waals surface area contributed by atoms with Crippen molar-refractivity contribution in [2.24, 2.45) is 0 Å². The number of benzene rings is 1. The van der Waals surface area contributed by atoms with Crippen molar-refractivity contribution < 1.29 is 18.0 Å². The summed E-state index contributed by atoms with van der Waals surface area (Å²) in [5.41, 5.74) is -0.775. The minimum atomic E-state index is -4.38. The van der Waals surface area contributed by atoms with E-state index in [1.54, 1.807) is 13.8 Å². The quantitative estimate of drug-likeness (QED) is 0.728. The molecule has 0 aliphatic carbocycles. The molecule has 0 saturated heterocycles. The molecule has 2 rings (SSSR count). The second-order valence-electron chi connectivity index (χ2n) is 4.34. The summed E-state index contributed by atoms with van der Waals surface area (Å²) in [6.45, 7) is 3.21. The maximum atomic E-state index is 12.5. The molecule has 1 aliphatic heterocycles. The number of nitrogens with one attached hydrogen (secondary N) is 1. The first-order valence-electron chi connectivity index (χ1n) is 4.76. The maximum absolute atomic E-state index is 12.5. The molecule has 0 unspecified atom stereocenters. The van der Waals surface area contributed by atoms with E-state index in [0.717, 1.165) is 12.1 Å². The Morgan fingerprint density at radius 3 is 2.44 bits per heavy atom. The maximum Gasteiger partial charge on any atom is 0.416 e. The third kappa shape index (κ3) is 1.47. The molecule has 16 heavy (non-hydrogen) atoms. The number of halogens is 3. The lowest BCUT2D eigenvalue weighted by Crippen LogP contribution is -2.27. The molecule has 1 aliphatic rings. The molecule has 1 heterocycles. The van der Waals surface area contributed by atoms with Gasteiger partial charge in [0.15, 0.2) is 0 Å². The highest BCUT2D eigenvalue weighted by atomic mass is 19.4. The topological polar surface area (TPSA) is 29.1 Å². The smallest absolute Gasteiger partial charge is 0.325 e. The Kier molecular flexibility index (Phi) is 2.05. The van der Waals surface area contributed by atoms with E-state index < -0.39 is 17.2 Å². The second-order valence-corrected chi connectivity index (χ2v) is 4.34. The number of fused-ring (bicyclic) bond motifs is 1. The zero-order valence-electron chi connectivity index (χ0n) is 8.77. The molecule has 1 aromatic rings. The molecule has 0 radical (unpaired) electrons. The summed E-state index contributed by atoms with van der Waals surface area (Å²) < 4.78 is 37.5. The van der Waals surface area contributed by atoms with E-state index in [1.807, 2.05) is 0 Å². The molecule has 86 valence electrons. The van der Waals surface area contributed by atoms with Crippen LogP contribution in [0.4, 0.5) is 18.9 Å². The number of hydrogen-bond donors (Lipinski definition) is 1. The van der Waals surface area contributed by atoms with Gasteiger partial charge in [-0.05, 0) is 37.6 Å². The van der Waals surface area contributed by atoms with Crippen LogP contribution in [0.2, 0.25) is 0 Å². The summed E-state index contributed by atoms with van der Waals surface area (Å²) in [5, 5.41) is 2.56. The number of hydrogen-bond acceptors (Lipinski definition) is 1. The molecule has 0 spiro atoms. The largest absolute Gasteiger partial charge is 0.416 e. The van der Waals surface area contributed by atoms with Gasteiger partial charge in [-0.15, -0.1) is 0 Å². The highest BCUT2D eigenvalue weighted by Crippen LogP contribution is 2.40. The van der Waals surface area contributed by atoms with Crippen LogP contribution in [-0.4, -0.2) is 5.91 Å². The summed E-state index contributed by atoms with van der Waals surface area (Å²) in [7, 11) is 0. The van der Waals surface area contributed by atoms with Crippen molar-refractivity contribution in [3.63, 3.8) is 0 Å². The van der Waals surface area contributed by atoms with Crippen LogP contribution in [0.3, 0.4) is 0 Å². The molecule has 0 atom stereocenters. The highest BCUT2D eigenvalue weighted by molar-refractivity contribution is 6.05. The average Bonchev–Trinajstić information content (AvgIpc) is 2.37. The molecule has 0 saturated carbocycles. The van der Waals surface area contributed by atoms with Gasteiger partial charge in [-0.3, -0.25) is 4.79 Å². The van der Waals surface area contributed by atoms with Gasteiger partial charge in [0.2, 0.25) is 5.91 Å². The summed E-state index contributed by atoms with van der Waals surface area (Å²) in [4.78, 5) is 11.5. The molecule has 1 N–H and O–H groups in total. The van der Waals surface area contributed by atoms with Crippen LogP contribution in [0, 0.1) is 0 Å². The number of amides is 1. The van der Waals surface area contributed by atoms with E-state index in [0.29, 0.717) is 11.3 Å². The fourth-order valence-corrected chi connectivity index (χ4v) is 1.75. The second kappa shape index (κ2) is 2.99. The Bertz CT molecular complexity index is 463. The number of anilines is 1. The van der Waals surface area contributed by atoms with Gasteiger partial charge >= 0.3 is 6.18 Å². The molecular weight excluding hydrogens is 219 g/mol. The van der Waals surface area contributed by atoms with Gasteiger partial charge in [0.25, 0.3) is 0 Å². The van der Waals surface area contributed by atoms with Crippen molar-refractivity contribution in [3.05, 3.63) is 29.3 Å². The average molecular weight is 229 g/mol. The Morgan fingerprint density at radius 2 is 1.88 bits per heavy atom. The van der Waals surface area contributed by atoms with Gasteiger partial charge in [0.05, 0.1) is 11.0 Å². The van der Waals surface area contributed by atoms with Gasteiger partial charge in [-0.1, -0.05) is 0 Å². The lowest BCUT2D eigenvalue weighted by atomic mass is 9.85. The zero-order valence-corrected chi connectivity index (χ0v) is 8.77. The van der Waals surface area contributed by atoms with E-state index in [2.05, 4.69) is 5.32 Å². The third-order valence-electron chi connectivity index (χ3n) is 2.84. The van der Waals surface area contributed by atoms with Gasteiger partial charge in [0.1, 0.15) is 0 Å². The van der Waals surface area contributed by atoms with Crippen LogP contribution < -0.4 is 5.32 Å². The van der Waals surface area contributed by atoms with E-state index in [-0.39, 0.29) is 5.91 Å². The SMILES string of the molecule is CC1(C)C(=O)Nc2ccc(C(F)(F)F)cc21. The lowest BCUT2D eigenvalue weighted by molar-refractivity contribution is -0.137. The van der Waals surface area contributed by atoms with Crippen LogP contribution in [0.5, 0.6) is 0 Å². The Morgan fingerprint density at radius 1 is 1.25 bits per heavy atom. The van der Waals surface area contributed by atoms with Crippen molar-refractivity contribution in [2.75, 3.05) is 5.32 Å². The van der Waals surface area contributed by atoms with E-state index in [1.165, 1.54) is 6.07 Å². The summed E-state index contributed by atoms with van der Waals surface area (Å²) in [5.74, 6) is -0.276. The van der Waals surface area contributed by atoms with Gasteiger partial charge in [-0.2, -0.15) is 13.2 Å². The number of carbonyl (C=O) groups is 1. The first-order valence-corrected chi connectivity index (χ1v) is 4.76. The van der Waals surface area contributed by atoms with Crippen molar-refractivity contribution >= 4 is 11.6 Å². The van der Waals surface area contributed by atoms with Gasteiger partial charge < -0.3 is 5.32 Å². The molecule has 2 nitrogen and oxygen atoms in total. The van der Waals surface area contributed by atoms with Crippen molar-refractivity contribution in [3.8, 4) is 0 Å². The number of alkyl halides is 3. The van der Waals surface area contributed by atoms with Crippen molar-refractivity contribution in [1.29, 1.82) is 0 Å². The predicted molar refractivity (Wildman–Crippen MR) is 53.1 cm³/mol. The van der Waals surface area contributed by atoms with Gasteiger partial charge in [0, 0.05) is 5.69 Å². The molecule has 0 bridgehead atoms. The van der Waals surface area contributed by atoms with Crippen LogP contribution in [0.25, 0.3) is 0 Å². The molecule has 1 aromatic carbocycles. The minimum Gasteiger partial charge on any atom is -0.325 e. The van der Waals surface area contributed by atoms with Crippen molar-refractivity contribution in [1.82, 2.24) is 0 Å². The normalized spacial score (nSPS) is 18.2. The summed E-state index contributed by atoms with van der Waals surface area (Å²) in [6, 6.07) is 3.30. The van der Waals surface area contributed by atoms with E-state index in [4.69, 9.17) is 0 Å². The molecule has 0 aromatic heterocycles. The Hall–Kier alpha value is -1.52. The van der Waals surface area contributed by atoms with Crippen molar-refractivity contribution in [2.45, 2.75) is 25.4 Å². The first-order chi connectivity index (χ1) is 7.23. The van der Waals surface area contributed by atoms with Gasteiger partial charge in [-0.25, -0.2) is 0 Å². The van der Waals surface area contributed by atoms with Crippen LogP contribution in [-0.2, 0) is 16.4 Å². The fourth-order valence-electron chi connectivity index (χ4n) is 1.75. The minimum absolute atomic E-state index is 0.276. The Balaban J connectivity index is 2.57. The van der Waals surface area contributed by atoms with Crippen LogP contribution in [0.1, 0.15) is 25.0 Å². The molecular formula is C11H10F3NO. The third-order valence-corrected chi connectivity index (χ3v) is 2.84. The fraction of sp³-hybridized carbons (Fsp3) is 0.364.